The van der Waals surface area contributed by atoms with E-state index in [4.69, 9.17) is 0 Å². The van der Waals surface area contributed by atoms with Crippen molar-refractivity contribution in [1.82, 2.24) is 4.90 Å². The van der Waals surface area contributed by atoms with Crippen LogP contribution in [0.3, 0.4) is 0 Å². The molecule has 1 saturated heterocycles. The maximum atomic E-state index is 12.1. The highest BCUT2D eigenvalue weighted by molar-refractivity contribution is 5.78. The smallest absolute Gasteiger partial charge is 0.223 e. The maximum absolute atomic E-state index is 12.1. The Morgan fingerprint density at radius 2 is 1.89 bits per heavy atom. The number of nitrogens with zero attached hydrogens (tertiary/aromatic N) is 1. The van der Waals surface area contributed by atoms with Crippen molar-refractivity contribution in [2.45, 2.75) is 65.4 Å². The molecule has 1 heterocycles. The van der Waals surface area contributed by atoms with Gasteiger partial charge in [0.15, 0.2) is 0 Å². The molecule has 2 rings (SSSR count). The topological polar surface area (TPSA) is 40.5 Å². The number of likely N-dealkylation sites (tertiary alicyclic amines) is 1. The fraction of sp³-hybridized carbons (Fsp3) is 0.938. The van der Waals surface area contributed by atoms with Gasteiger partial charge in [-0.2, -0.15) is 0 Å². The lowest BCUT2D eigenvalue weighted by atomic mass is 9.80. The minimum absolute atomic E-state index is 0.181. The van der Waals surface area contributed by atoms with E-state index in [0.29, 0.717) is 24.8 Å². The van der Waals surface area contributed by atoms with Crippen molar-refractivity contribution < 1.29 is 9.90 Å². The highest BCUT2D eigenvalue weighted by atomic mass is 16.3. The summed E-state index contributed by atoms with van der Waals surface area (Å²) in [5.41, 5.74) is 0.181. The lowest BCUT2D eigenvalue weighted by Crippen LogP contribution is -2.38. The van der Waals surface area contributed by atoms with Crippen molar-refractivity contribution in [3.05, 3.63) is 0 Å². The van der Waals surface area contributed by atoms with E-state index in [1.165, 1.54) is 19.3 Å². The number of rotatable bonds is 3. The van der Waals surface area contributed by atoms with Gasteiger partial charge in [-0.25, -0.2) is 0 Å². The Kier molecular flexibility index (Phi) is 4.54. The third-order valence-electron chi connectivity index (χ3n) is 5.04. The quantitative estimate of drug-likeness (QED) is 0.854. The summed E-state index contributed by atoms with van der Waals surface area (Å²) in [6.07, 6.45) is 6.37. The summed E-state index contributed by atoms with van der Waals surface area (Å²) in [7, 11) is 0. The third-order valence-corrected chi connectivity index (χ3v) is 5.04. The van der Waals surface area contributed by atoms with Gasteiger partial charge in [-0.3, -0.25) is 4.79 Å². The zero-order valence-electron chi connectivity index (χ0n) is 12.7. The van der Waals surface area contributed by atoms with Gasteiger partial charge < -0.3 is 10.0 Å². The number of aliphatic hydroxyl groups is 1. The van der Waals surface area contributed by atoms with E-state index in [9.17, 15) is 9.90 Å². The number of carbonyl (C=O) groups is 1. The number of aliphatic hydroxyl groups excluding tert-OH is 1. The standard InChI is InChI=1S/C16H29NO2/c1-16(2,3)13-9-15(19)17(10-13)11-14(18)12-7-5-4-6-8-12/h12-14,18H,4-11H2,1-3H3. The molecule has 0 aromatic carbocycles. The molecule has 0 radical (unpaired) electrons. The summed E-state index contributed by atoms with van der Waals surface area (Å²) >= 11 is 0. The fourth-order valence-corrected chi connectivity index (χ4v) is 3.42. The zero-order valence-corrected chi connectivity index (χ0v) is 12.7. The van der Waals surface area contributed by atoms with Crippen LogP contribution in [0, 0.1) is 17.3 Å². The number of β-amino-alcohol motifs (C(OH)–C–C–N with tert-alkyl or cyclic N) is 1. The van der Waals surface area contributed by atoms with Crippen molar-refractivity contribution in [2.24, 2.45) is 17.3 Å². The average Bonchev–Trinajstić information content (AvgIpc) is 2.72. The van der Waals surface area contributed by atoms with Gasteiger partial charge in [-0.05, 0) is 30.1 Å². The molecule has 110 valence electrons. The van der Waals surface area contributed by atoms with Crippen LogP contribution in [-0.4, -0.2) is 35.1 Å². The summed E-state index contributed by atoms with van der Waals surface area (Å²) in [6, 6.07) is 0. The van der Waals surface area contributed by atoms with Crippen LogP contribution in [0.2, 0.25) is 0 Å². The van der Waals surface area contributed by atoms with Gasteiger partial charge in [0.25, 0.3) is 0 Å². The number of amides is 1. The summed E-state index contributed by atoms with van der Waals surface area (Å²) < 4.78 is 0. The minimum Gasteiger partial charge on any atom is -0.391 e. The molecular formula is C16H29NO2. The van der Waals surface area contributed by atoms with Crippen molar-refractivity contribution in [1.29, 1.82) is 0 Å². The molecule has 19 heavy (non-hydrogen) atoms. The van der Waals surface area contributed by atoms with E-state index in [-0.39, 0.29) is 17.4 Å². The number of hydrogen-bond donors (Lipinski definition) is 1. The average molecular weight is 267 g/mol. The molecule has 1 aliphatic carbocycles. The molecule has 1 saturated carbocycles. The molecule has 3 heteroatoms. The van der Waals surface area contributed by atoms with E-state index in [1.807, 2.05) is 4.90 Å². The van der Waals surface area contributed by atoms with E-state index < -0.39 is 0 Å². The van der Waals surface area contributed by atoms with Gasteiger partial charge in [0.05, 0.1) is 6.10 Å². The van der Waals surface area contributed by atoms with Crippen molar-refractivity contribution in [3.8, 4) is 0 Å². The summed E-state index contributed by atoms with van der Waals surface area (Å²) in [4.78, 5) is 14.0. The third kappa shape index (κ3) is 3.71. The maximum Gasteiger partial charge on any atom is 0.223 e. The molecular weight excluding hydrogens is 238 g/mol. The fourth-order valence-electron chi connectivity index (χ4n) is 3.42. The lowest BCUT2D eigenvalue weighted by molar-refractivity contribution is -0.129. The van der Waals surface area contributed by atoms with Gasteiger partial charge >= 0.3 is 0 Å². The molecule has 1 aliphatic heterocycles. The van der Waals surface area contributed by atoms with Crippen LogP contribution in [0.4, 0.5) is 0 Å². The zero-order chi connectivity index (χ0) is 14.0. The largest absolute Gasteiger partial charge is 0.391 e. The monoisotopic (exact) mass is 267 g/mol. The summed E-state index contributed by atoms with van der Waals surface area (Å²) in [5, 5.41) is 10.3. The van der Waals surface area contributed by atoms with Gasteiger partial charge in [0.1, 0.15) is 0 Å². The van der Waals surface area contributed by atoms with Crippen LogP contribution in [-0.2, 0) is 4.79 Å². The Morgan fingerprint density at radius 1 is 1.26 bits per heavy atom. The van der Waals surface area contributed by atoms with Crippen LogP contribution >= 0.6 is 0 Å². The minimum atomic E-state index is -0.317. The second kappa shape index (κ2) is 5.82. The second-order valence-electron chi connectivity index (χ2n) is 7.53. The van der Waals surface area contributed by atoms with Gasteiger partial charge in [-0.1, -0.05) is 40.0 Å². The highest BCUT2D eigenvalue weighted by Gasteiger charge is 2.38. The second-order valence-corrected chi connectivity index (χ2v) is 7.53. The first-order valence-corrected chi connectivity index (χ1v) is 7.84. The van der Waals surface area contributed by atoms with E-state index in [0.717, 1.165) is 19.4 Å². The van der Waals surface area contributed by atoms with Crippen LogP contribution in [0.1, 0.15) is 59.3 Å². The summed E-state index contributed by atoms with van der Waals surface area (Å²) in [6.45, 7) is 7.98. The molecule has 2 aliphatic rings. The van der Waals surface area contributed by atoms with Crippen LogP contribution in [0.25, 0.3) is 0 Å². The van der Waals surface area contributed by atoms with Gasteiger partial charge in [0.2, 0.25) is 5.91 Å². The molecule has 0 aromatic heterocycles. The highest BCUT2D eigenvalue weighted by Crippen LogP contribution is 2.35. The van der Waals surface area contributed by atoms with Crippen LogP contribution in [0.15, 0.2) is 0 Å². The SMILES string of the molecule is CC(C)(C)C1CC(=O)N(CC(O)C2CCCCC2)C1. The first-order chi connectivity index (χ1) is 8.88. The Morgan fingerprint density at radius 3 is 2.42 bits per heavy atom. The van der Waals surface area contributed by atoms with Crippen LogP contribution in [0.5, 0.6) is 0 Å². The van der Waals surface area contributed by atoms with Crippen molar-refractivity contribution in [3.63, 3.8) is 0 Å². The molecule has 1 N–H and O–H groups in total. The molecule has 3 nitrogen and oxygen atoms in total. The number of hydrogen-bond acceptors (Lipinski definition) is 2. The Balaban J connectivity index is 1.87. The first-order valence-electron chi connectivity index (χ1n) is 7.84. The van der Waals surface area contributed by atoms with Crippen molar-refractivity contribution in [2.75, 3.05) is 13.1 Å². The first kappa shape index (κ1) is 14.8. The molecule has 2 unspecified atom stereocenters. The molecule has 2 fully saturated rings. The Hall–Kier alpha value is -0.570. The van der Waals surface area contributed by atoms with Crippen molar-refractivity contribution >= 4 is 5.91 Å². The van der Waals surface area contributed by atoms with Gasteiger partial charge in [0, 0.05) is 19.5 Å². The summed E-state index contributed by atoms with van der Waals surface area (Å²) in [5.74, 6) is 1.07. The lowest BCUT2D eigenvalue weighted by Gasteiger charge is -2.31. The van der Waals surface area contributed by atoms with E-state index in [2.05, 4.69) is 20.8 Å². The van der Waals surface area contributed by atoms with Gasteiger partial charge in [-0.15, -0.1) is 0 Å². The van der Waals surface area contributed by atoms with Crippen LogP contribution < -0.4 is 0 Å². The number of carbonyl (C=O) groups excluding carboxylic acids is 1. The molecule has 0 spiro atoms. The molecule has 1 amide bonds. The predicted molar refractivity (Wildman–Crippen MR) is 76.7 cm³/mol. The Labute approximate surface area is 117 Å². The molecule has 0 bridgehead atoms. The predicted octanol–water partition coefficient (Wildman–Crippen LogP) is 2.82. The van der Waals surface area contributed by atoms with E-state index in [1.54, 1.807) is 0 Å². The Bertz CT molecular complexity index is 315. The normalized spacial score (nSPS) is 27.9. The van der Waals surface area contributed by atoms with E-state index >= 15 is 0 Å². The molecule has 2 atom stereocenters. The molecule has 0 aromatic rings.